The Bertz CT molecular complexity index is 959. The molecule has 0 unspecified atom stereocenters. The Kier molecular flexibility index (Phi) is 3.84. The molecule has 0 spiro atoms. The van der Waals surface area contributed by atoms with Gasteiger partial charge in [-0.3, -0.25) is 4.79 Å². The maximum atomic E-state index is 11.9. The molecule has 5 nitrogen and oxygen atoms in total. The smallest absolute Gasteiger partial charge is 0.243 e. The molecule has 0 saturated carbocycles. The number of hydrogen-bond acceptors (Lipinski definition) is 4. The number of rotatable bonds is 3. The summed E-state index contributed by atoms with van der Waals surface area (Å²) in [6.45, 7) is 4.02. The van der Waals surface area contributed by atoms with Gasteiger partial charge in [-0.15, -0.1) is 0 Å². The maximum Gasteiger partial charge on any atom is 0.243 e. The second kappa shape index (κ2) is 6.16. The number of carbonyl (C=O) groups excluding carboxylic acids is 1. The molecule has 0 radical (unpaired) electrons. The summed E-state index contributed by atoms with van der Waals surface area (Å²) in [4.78, 5) is 16.4. The molecule has 1 amide bonds. The van der Waals surface area contributed by atoms with Gasteiger partial charge in [0.2, 0.25) is 11.8 Å². The van der Waals surface area contributed by atoms with Gasteiger partial charge >= 0.3 is 0 Å². The number of hydrogen-bond donors (Lipinski definition) is 1. The third kappa shape index (κ3) is 2.71. The molecule has 0 aliphatic carbocycles. The van der Waals surface area contributed by atoms with E-state index in [4.69, 9.17) is 4.42 Å². The molecule has 0 fully saturated rings. The first kappa shape index (κ1) is 15.6. The molecule has 25 heavy (non-hydrogen) atoms. The molecule has 4 rings (SSSR count). The first-order valence-corrected chi connectivity index (χ1v) is 8.51. The second-order valence-corrected chi connectivity index (χ2v) is 6.34. The van der Waals surface area contributed by atoms with Crippen molar-refractivity contribution in [1.29, 1.82) is 0 Å². The van der Waals surface area contributed by atoms with E-state index in [0.29, 0.717) is 5.89 Å². The van der Waals surface area contributed by atoms with Gasteiger partial charge < -0.3 is 4.42 Å². The van der Waals surface area contributed by atoms with Crippen LogP contribution in [0.1, 0.15) is 25.8 Å². The second-order valence-electron chi connectivity index (χ2n) is 6.34. The normalized spacial score (nSPS) is 20.4. The molecule has 1 aromatic heterocycles. The highest BCUT2D eigenvalue weighted by molar-refractivity contribution is 6.07. The fourth-order valence-electron chi connectivity index (χ4n) is 3.33. The zero-order valence-electron chi connectivity index (χ0n) is 14.2. The van der Waals surface area contributed by atoms with Crippen LogP contribution in [0.15, 0.2) is 58.0 Å². The minimum absolute atomic E-state index is 0.0253. The topological polar surface area (TPSA) is 67.5 Å². The van der Waals surface area contributed by atoms with Gasteiger partial charge in [0.25, 0.3) is 0 Å². The van der Waals surface area contributed by atoms with Crippen molar-refractivity contribution >= 4 is 22.7 Å². The number of nitrogens with zero attached hydrogens (tertiary/aromatic N) is 2. The van der Waals surface area contributed by atoms with Crippen LogP contribution >= 0.6 is 0 Å². The molecule has 1 aliphatic heterocycles. The summed E-state index contributed by atoms with van der Waals surface area (Å²) in [5.41, 5.74) is 6.96. The quantitative estimate of drug-likeness (QED) is 0.788. The molecule has 0 saturated heterocycles. The third-order valence-electron chi connectivity index (χ3n) is 4.80. The Hall–Kier alpha value is -2.95. The lowest BCUT2D eigenvalue weighted by atomic mass is 9.83. The number of nitrogens with one attached hydrogen (secondary N) is 1. The Labute approximate surface area is 145 Å². The molecule has 2 aromatic carbocycles. The van der Waals surface area contributed by atoms with Crippen LogP contribution in [-0.4, -0.2) is 16.6 Å². The van der Waals surface area contributed by atoms with Crippen LogP contribution in [-0.2, 0) is 4.79 Å². The van der Waals surface area contributed by atoms with Gasteiger partial charge in [0.15, 0.2) is 5.58 Å². The number of fused-ring (bicyclic) bond motifs is 1. The first-order chi connectivity index (χ1) is 12.2. The molecule has 1 aliphatic rings. The Morgan fingerprint density at radius 2 is 1.92 bits per heavy atom. The van der Waals surface area contributed by atoms with Crippen molar-refractivity contribution in [2.24, 2.45) is 16.9 Å². The number of carbonyl (C=O) groups is 1. The summed E-state index contributed by atoms with van der Waals surface area (Å²) < 4.78 is 5.95. The summed E-state index contributed by atoms with van der Waals surface area (Å²) >= 11 is 0. The van der Waals surface area contributed by atoms with Crippen LogP contribution in [0.4, 0.5) is 0 Å². The van der Waals surface area contributed by atoms with Crippen molar-refractivity contribution in [3.8, 4) is 11.5 Å². The molecular formula is C20H19N3O2. The summed E-state index contributed by atoms with van der Waals surface area (Å²) in [5.74, 6) is 0.584. The van der Waals surface area contributed by atoms with Crippen molar-refractivity contribution in [2.45, 2.75) is 20.3 Å². The van der Waals surface area contributed by atoms with Gasteiger partial charge in [-0.2, -0.15) is 5.10 Å². The molecule has 0 bridgehead atoms. The van der Waals surface area contributed by atoms with E-state index in [2.05, 4.69) is 22.4 Å². The summed E-state index contributed by atoms with van der Waals surface area (Å²) in [6.07, 6.45) is 0.858. The molecule has 1 N–H and O–H groups in total. The van der Waals surface area contributed by atoms with Crippen LogP contribution in [0.5, 0.6) is 0 Å². The molecule has 3 aromatic rings. The summed E-state index contributed by atoms with van der Waals surface area (Å²) in [5, 5.41) is 4.31. The van der Waals surface area contributed by atoms with E-state index in [1.807, 2.05) is 55.5 Å². The van der Waals surface area contributed by atoms with Crippen molar-refractivity contribution in [1.82, 2.24) is 10.4 Å². The number of amides is 1. The predicted octanol–water partition coefficient (Wildman–Crippen LogP) is 3.99. The Morgan fingerprint density at radius 1 is 1.12 bits per heavy atom. The zero-order valence-corrected chi connectivity index (χ0v) is 14.2. The van der Waals surface area contributed by atoms with Crippen molar-refractivity contribution in [2.75, 3.05) is 0 Å². The number of aromatic nitrogens is 1. The summed E-state index contributed by atoms with van der Waals surface area (Å²) in [7, 11) is 0. The van der Waals surface area contributed by atoms with Crippen LogP contribution in [0.25, 0.3) is 22.6 Å². The van der Waals surface area contributed by atoms with Gasteiger partial charge in [0, 0.05) is 23.0 Å². The first-order valence-electron chi connectivity index (χ1n) is 8.51. The highest BCUT2D eigenvalue weighted by Crippen LogP contribution is 2.29. The number of hydrazone groups is 1. The minimum atomic E-state index is -0.0946. The lowest BCUT2D eigenvalue weighted by molar-refractivity contribution is -0.125. The van der Waals surface area contributed by atoms with Crippen LogP contribution in [0.3, 0.4) is 0 Å². The van der Waals surface area contributed by atoms with E-state index < -0.39 is 0 Å². The van der Waals surface area contributed by atoms with Gasteiger partial charge in [0.05, 0.1) is 5.71 Å². The lowest BCUT2D eigenvalue weighted by Gasteiger charge is -2.27. The largest absolute Gasteiger partial charge is 0.436 e. The molecule has 2 atom stereocenters. The van der Waals surface area contributed by atoms with Crippen LogP contribution in [0.2, 0.25) is 0 Å². The molecule has 2 heterocycles. The van der Waals surface area contributed by atoms with Gasteiger partial charge in [-0.1, -0.05) is 38.1 Å². The highest BCUT2D eigenvalue weighted by Gasteiger charge is 2.31. The highest BCUT2D eigenvalue weighted by atomic mass is 16.3. The fraction of sp³-hybridized carbons (Fsp3) is 0.250. The van der Waals surface area contributed by atoms with E-state index in [-0.39, 0.29) is 17.7 Å². The van der Waals surface area contributed by atoms with E-state index >= 15 is 0 Å². The van der Waals surface area contributed by atoms with E-state index in [0.717, 1.165) is 34.4 Å². The average Bonchev–Trinajstić information content (AvgIpc) is 3.08. The summed E-state index contributed by atoms with van der Waals surface area (Å²) in [6, 6.07) is 15.7. The maximum absolute atomic E-state index is 11.9. The third-order valence-corrected chi connectivity index (χ3v) is 4.80. The van der Waals surface area contributed by atoms with Crippen molar-refractivity contribution in [3.63, 3.8) is 0 Å². The van der Waals surface area contributed by atoms with Gasteiger partial charge in [-0.05, 0) is 30.7 Å². The average molecular weight is 333 g/mol. The van der Waals surface area contributed by atoms with E-state index in [1.54, 1.807) is 0 Å². The lowest BCUT2D eigenvalue weighted by Crippen LogP contribution is -2.40. The standard InChI is InChI=1S/C20H19N3O2/c1-3-15-12(2)19(24)23-22-18(15)14-9-10-16-17(11-14)25-20(21-16)13-7-5-4-6-8-13/h4-12,15H,3H2,1-2H3,(H,23,24)/t12-,15+/m1/s1. The van der Waals surface area contributed by atoms with E-state index in [9.17, 15) is 4.79 Å². The molecule has 5 heteroatoms. The fourth-order valence-corrected chi connectivity index (χ4v) is 3.33. The molecule has 126 valence electrons. The monoisotopic (exact) mass is 333 g/mol. The Balaban J connectivity index is 1.75. The number of oxazole rings is 1. The van der Waals surface area contributed by atoms with Gasteiger partial charge in [-0.25, -0.2) is 10.4 Å². The SMILES string of the molecule is CC[C@@H]1C(c2ccc3nc(-c4ccccc4)oc3c2)=NNC(=O)[C@@H]1C. The van der Waals surface area contributed by atoms with Crippen LogP contribution in [0, 0.1) is 11.8 Å². The van der Waals surface area contributed by atoms with Crippen molar-refractivity contribution < 1.29 is 9.21 Å². The predicted molar refractivity (Wildman–Crippen MR) is 97.1 cm³/mol. The zero-order chi connectivity index (χ0) is 17.4. The van der Waals surface area contributed by atoms with E-state index in [1.165, 1.54) is 0 Å². The molecular weight excluding hydrogens is 314 g/mol. The van der Waals surface area contributed by atoms with Gasteiger partial charge in [0.1, 0.15) is 5.52 Å². The van der Waals surface area contributed by atoms with Crippen LogP contribution < -0.4 is 5.43 Å². The van der Waals surface area contributed by atoms with Crippen molar-refractivity contribution in [3.05, 3.63) is 54.1 Å². The Morgan fingerprint density at radius 3 is 2.68 bits per heavy atom. The minimum Gasteiger partial charge on any atom is -0.436 e. The number of benzene rings is 2.